The highest BCUT2D eigenvalue weighted by Crippen LogP contribution is 2.35. The molecule has 3 heterocycles. The Bertz CT molecular complexity index is 1060. The van der Waals surface area contributed by atoms with Gasteiger partial charge in [-0.25, -0.2) is 5.01 Å². The minimum Gasteiger partial charge on any atom is -0.463 e. The predicted molar refractivity (Wildman–Crippen MR) is 121 cm³/mol. The number of nitrogens with one attached hydrogen (secondary N) is 1. The summed E-state index contributed by atoms with van der Waals surface area (Å²) in [5.41, 5.74) is 2.61. The van der Waals surface area contributed by atoms with Gasteiger partial charge in [-0.3, -0.25) is 14.5 Å². The quantitative estimate of drug-likeness (QED) is 0.609. The van der Waals surface area contributed by atoms with Gasteiger partial charge in [-0.15, -0.1) is 11.3 Å². The zero-order valence-corrected chi connectivity index (χ0v) is 18.3. The van der Waals surface area contributed by atoms with Crippen molar-refractivity contribution in [1.29, 1.82) is 0 Å². The Morgan fingerprint density at radius 1 is 1.19 bits per heavy atom. The summed E-state index contributed by atoms with van der Waals surface area (Å²) in [7, 11) is 1.75. The second-order valence-electron chi connectivity index (χ2n) is 7.58. The number of benzene rings is 1. The van der Waals surface area contributed by atoms with Crippen molar-refractivity contribution in [2.75, 3.05) is 25.5 Å². The molecular weight excluding hydrogens is 412 g/mol. The molecule has 1 aliphatic heterocycles. The van der Waals surface area contributed by atoms with E-state index < -0.39 is 0 Å². The second-order valence-corrected chi connectivity index (χ2v) is 8.56. The van der Waals surface area contributed by atoms with Gasteiger partial charge in [0, 0.05) is 17.0 Å². The van der Waals surface area contributed by atoms with Crippen LogP contribution in [0.2, 0.25) is 0 Å². The third-order valence-electron chi connectivity index (χ3n) is 5.00. The molecule has 31 heavy (non-hydrogen) atoms. The summed E-state index contributed by atoms with van der Waals surface area (Å²) in [6.45, 7) is 2.18. The van der Waals surface area contributed by atoms with Crippen molar-refractivity contribution in [3.05, 3.63) is 76.4 Å². The maximum absolute atomic E-state index is 13.1. The maximum Gasteiger partial charge on any atom is 0.257 e. The van der Waals surface area contributed by atoms with Crippen molar-refractivity contribution in [3.8, 4) is 0 Å². The van der Waals surface area contributed by atoms with Gasteiger partial charge in [-0.2, -0.15) is 5.10 Å². The first-order chi connectivity index (χ1) is 15.0. The van der Waals surface area contributed by atoms with Crippen molar-refractivity contribution in [3.63, 3.8) is 0 Å². The van der Waals surface area contributed by atoms with Crippen LogP contribution >= 0.6 is 11.3 Å². The van der Waals surface area contributed by atoms with Crippen LogP contribution in [0.25, 0.3) is 0 Å². The van der Waals surface area contributed by atoms with E-state index >= 15 is 0 Å². The zero-order valence-electron chi connectivity index (χ0n) is 17.4. The smallest absolute Gasteiger partial charge is 0.257 e. The van der Waals surface area contributed by atoms with E-state index in [4.69, 9.17) is 4.42 Å². The fraction of sp³-hybridized carbons (Fsp3) is 0.261. The van der Waals surface area contributed by atoms with Crippen molar-refractivity contribution in [2.45, 2.75) is 19.4 Å². The average molecular weight is 437 g/mol. The van der Waals surface area contributed by atoms with Crippen molar-refractivity contribution in [2.24, 2.45) is 5.10 Å². The van der Waals surface area contributed by atoms with Gasteiger partial charge in [0.15, 0.2) is 0 Å². The lowest BCUT2D eigenvalue weighted by Crippen LogP contribution is -2.39. The molecule has 0 spiro atoms. The van der Waals surface area contributed by atoms with Crippen LogP contribution < -0.4 is 5.32 Å². The Morgan fingerprint density at radius 2 is 2.00 bits per heavy atom. The fourth-order valence-corrected chi connectivity index (χ4v) is 4.29. The third kappa shape index (κ3) is 5.10. The normalized spacial score (nSPS) is 15.9. The van der Waals surface area contributed by atoms with Gasteiger partial charge in [0.2, 0.25) is 5.91 Å². The van der Waals surface area contributed by atoms with Gasteiger partial charge in [-0.05, 0) is 49.7 Å². The topological polar surface area (TPSA) is 78.2 Å². The summed E-state index contributed by atoms with van der Waals surface area (Å²) in [5, 5.41) is 10.9. The monoisotopic (exact) mass is 436 g/mol. The van der Waals surface area contributed by atoms with Crippen LogP contribution in [0.1, 0.15) is 28.7 Å². The molecule has 0 bridgehead atoms. The van der Waals surface area contributed by atoms with E-state index in [0.29, 0.717) is 12.2 Å². The number of amides is 2. The molecule has 0 saturated carbocycles. The van der Waals surface area contributed by atoms with Gasteiger partial charge >= 0.3 is 0 Å². The van der Waals surface area contributed by atoms with Crippen LogP contribution in [-0.4, -0.2) is 47.6 Å². The van der Waals surface area contributed by atoms with E-state index in [1.165, 1.54) is 5.01 Å². The van der Waals surface area contributed by atoms with E-state index in [9.17, 15) is 9.59 Å². The molecule has 3 aromatic rings. The summed E-state index contributed by atoms with van der Waals surface area (Å²) in [6.07, 6.45) is 2.19. The number of likely N-dealkylation sites (N-methyl/N-ethyl adjacent to an activating group) is 1. The van der Waals surface area contributed by atoms with Crippen molar-refractivity contribution in [1.82, 2.24) is 9.91 Å². The summed E-state index contributed by atoms with van der Waals surface area (Å²) < 4.78 is 5.48. The molecule has 1 atom stereocenters. The molecule has 7 nitrogen and oxygen atoms in total. The number of rotatable bonds is 7. The highest BCUT2D eigenvalue weighted by Gasteiger charge is 2.34. The lowest BCUT2D eigenvalue weighted by Gasteiger charge is -2.23. The number of furan rings is 1. The predicted octanol–water partition coefficient (Wildman–Crippen LogP) is 3.90. The largest absolute Gasteiger partial charge is 0.463 e. The van der Waals surface area contributed by atoms with Gasteiger partial charge < -0.3 is 9.73 Å². The highest BCUT2D eigenvalue weighted by atomic mass is 32.1. The number of hydrogen-bond acceptors (Lipinski definition) is 6. The van der Waals surface area contributed by atoms with Gasteiger partial charge in [0.05, 0.1) is 25.4 Å². The number of hydrazone groups is 1. The number of hydrogen-bond donors (Lipinski definition) is 1. The SMILES string of the molecule is Cc1ccc(NC(=O)CN(C)CC(=O)N2N=C(c3ccco3)C[C@@H]2c2cccs2)cc1. The standard InChI is InChI=1S/C23H24N4O3S/c1-16-7-9-17(10-8-16)24-22(28)14-26(2)15-23(29)27-19(21-6-4-12-31-21)13-18(25-27)20-5-3-11-30-20/h3-12,19H,13-15H2,1-2H3,(H,24,28)/t19-/m1/s1. The lowest BCUT2D eigenvalue weighted by molar-refractivity contribution is -0.134. The van der Waals surface area contributed by atoms with Crippen LogP contribution in [-0.2, 0) is 9.59 Å². The molecule has 0 saturated heterocycles. The van der Waals surface area contributed by atoms with Crippen LogP contribution in [0.15, 0.2) is 69.7 Å². The number of carbonyl (C=O) groups excluding carboxylic acids is 2. The number of thiophene rings is 1. The van der Waals surface area contributed by atoms with Crippen molar-refractivity contribution < 1.29 is 14.0 Å². The van der Waals surface area contributed by atoms with Crippen LogP contribution in [0.4, 0.5) is 5.69 Å². The van der Waals surface area contributed by atoms with Gasteiger partial charge in [0.1, 0.15) is 11.5 Å². The third-order valence-corrected chi connectivity index (χ3v) is 5.97. The summed E-state index contributed by atoms with van der Waals surface area (Å²) >= 11 is 1.60. The minimum atomic E-state index is -0.171. The van der Waals surface area contributed by atoms with Crippen LogP contribution in [0.5, 0.6) is 0 Å². The van der Waals surface area contributed by atoms with Gasteiger partial charge in [-0.1, -0.05) is 23.8 Å². The van der Waals surface area contributed by atoms with E-state index in [0.717, 1.165) is 21.8 Å². The molecule has 2 amide bonds. The number of aryl methyl sites for hydroxylation is 1. The van der Waals surface area contributed by atoms with Crippen molar-refractivity contribution >= 4 is 34.6 Å². The Labute approximate surface area is 185 Å². The van der Waals surface area contributed by atoms with Crippen LogP contribution in [0.3, 0.4) is 0 Å². The molecule has 1 N–H and O–H groups in total. The fourth-order valence-electron chi connectivity index (χ4n) is 3.48. The van der Waals surface area contributed by atoms with E-state index in [1.54, 1.807) is 29.5 Å². The first-order valence-electron chi connectivity index (χ1n) is 10.0. The first-order valence-corrected chi connectivity index (χ1v) is 10.9. The molecule has 0 aliphatic carbocycles. The zero-order chi connectivity index (χ0) is 21.8. The minimum absolute atomic E-state index is 0.0815. The Hall–Kier alpha value is -3.23. The molecule has 0 fully saturated rings. The average Bonchev–Trinajstić information content (AvgIpc) is 3.49. The number of carbonyl (C=O) groups is 2. The van der Waals surface area contributed by atoms with Gasteiger partial charge in [0.25, 0.3) is 5.91 Å². The molecule has 2 aromatic heterocycles. The maximum atomic E-state index is 13.1. The molecule has 4 rings (SSSR count). The molecule has 1 aromatic carbocycles. The van der Waals surface area contributed by atoms with E-state index in [-0.39, 0.29) is 30.9 Å². The highest BCUT2D eigenvalue weighted by molar-refractivity contribution is 7.10. The number of nitrogens with zero attached hydrogens (tertiary/aromatic N) is 3. The Kier molecular flexibility index (Phi) is 6.29. The Balaban J connectivity index is 1.40. The summed E-state index contributed by atoms with van der Waals surface area (Å²) in [5.74, 6) is 0.337. The van der Waals surface area contributed by atoms with E-state index in [1.807, 2.05) is 60.8 Å². The summed E-state index contributed by atoms with van der Waals surface area (Å²) in [4.78, 5) is 28.2. The molecule has 1 aliphatic rings. The lowest BCUT2D eigenvalue weighted by atomic mass is 10.1. The second kappa shape index (κ2) is 9.28. The molecule has 8 heteroatoms. The first kappa shape index (κ1) is 21.0. The van der Waals surface area contributed by atoms with Crippen LogP contribution in [0, 0.1) is 6.92 Å². The summed E-state index contributed by atoms with van der Waals surface area (Å²) in [6, 6.07) is 15.1. The Morgan fingerprint density at radius 3 is 2.68 bits per heavy atom. The molecular formula is C23H24N4O3S. The number of anilines is 1. The molecule has 160 valence electrons. The molecule has 0 unspecified atom stereocenters. The van der Waals surface area contributed by atoms with E-state index in [2.05, 4.69) is 10.4 Å². The molecule has 0 radical (unpaired) electrons.